The number of benzene rings is 1. The molecule has 2 aliphatic rings. The molecule has 2 N–H and O–H groups in total. The van der Waals surface area contributed by atoms with Crippen molar-refractivity contribution in [2.75, 3.05) is 13.2 Å². The van der Waals surface area contributed by atoms with Crippen LogP contribution < -0.4 is 10.9 Å². The van der Waals surface area contributed by atoms with Gasteiger partial charge < -0.3 is 19.9 Å². The Hall–Kier alpha value is -4.04. The lowest BCUT2D eigenvalue weighted by molar-refractivity contribution is -0.127. The zero-order valence-corrected chi connectivity index (χ0v) is 20.7. The van der Waals surface area contributed by atoms with E-state index in [1.807, 2.05) is 49.4 Å². The zero-order chi connectivity index (χ0) is 25.9. The number of hydrogen-bond acceptors (Lipinski definition) is 5. The average molecular weight is 499 g/mol. The zero-order valence-electron chi connectivity index (χ0n) is 20.7. The Balaban J connectivity index is 1.59. The molecule has 37 heavy (non-hydrogen) atoms. The maximum absolute atomic E-state index is 13.7. The lowest BCUT2D eigenvalue weighted by Crippen LogP contribution is -2.49. The van der Waals surface area contributed by atoms with E-state index in [-0.39, 0.29) is 30.5 Å². The highest BCUT2D eigenvalue weighted by atomic mass is 16.3. The van der Waals surface area contributed by atoms with Crippen molar-refractivity contribution in [3.63, 3.8) is 0 Å². The number of carbonyl (C=O) groups is 2. The van der Waals surface area contributed by atoms with Gasteiger partial charge in [-0.05, 0) is 42.3 Å². The van der Waals surface area contributed by atoms with Crippen molar-refractivity contribution < 1.29 is 14.7 Å². The van der Waals surface area contributed by atoms with Crippen LogP contribution in [0.5, 0.6) is 0 Å². The third kappa shape index (κ3) is 4.49. The minimum Gasteiger partial charge on any atom is -0.396 e. The molecule has 0 spiro atoms. The second-order valence-electron chi connectivity index (χ2n) is 9.50. The summed E-state index contributed by atoms with van der Waals surface area (Å²) < 4.78 is 1.67. The monoisotopic (exact) mass is 498 g/mol. The first kappa shape index (κ1) is 24.6. The number of nitrogens with zero attached hydrogens (tertiary/aromatic N) is 3. The van der Waals surface area contributed by atoms with E-state index in [0.29, 0.717) is 23.4 Å². The summed E-state index contributed by atoms with van der Waals surface area (Å²) in [5, 5.41) is 13.4. The molecule has 1 aromatic carbocycles. The SMILES string of the molecule is CCCNC(=O)[C@@H]1[C@@H](CO)[C@@H]2Cn3c(ccc(/C=C/c4ccccc4)c3=O)[C@H]1N2C(=O)c1ccncc1. The van der Waals surface area contributed by atoms with Gasteiger partial charge in [-0.15, -0.1) is 0 Å². The number of nitrogens with one attached hydrogen (secondary N) is 1. The molecular weight excluding hydrogens is 468 g/mol. The van der Waals surface area contributed by atoms with Crippen LogP contribution in [0, 0.1) is 11.8 Å². The Morgan fingerprint density at radius 1 is 1.08 bits per heavy atom. The minimum absolute atomic E-state index is 0.179. The second kappa shape index (κ2) is 10.5. The summed E-state index contributed by atoms with van der Waals surface area (Å²) in [6.45, 7) is 2.40. The molecule has 0 unspecified atom stereocenters. The number of aliphatic hydroxyl groups excluding tert-OH is 1. The Morgan fingerprint density at radius 2 is 1.84 bits per heavy atom. The summed E-state index contributed by atoms with van der Waals surface area (Å²) in [7, 11) is 0. The number of aromatic nitrogens is 2. The first-order valence-electron chi connectivity index (χ1n) is 12.6. The largest absolute Gasteiger partial charge is 0.396 e. The molecule has 1 saturated heterocycles. The minimum atomic E-state index is -0.675. The molecule has 2 bridgehead atoms. The number of pyridine rings is 2. The fraction of sp³-hybridized carbons (Fsp3) is 0.310. The molecule has 190 valence electrons. The van der Waals surface area contributed by atoms with Gasteiger partial charge in [-0.1, -0.05) is 43.3 Å². The van der Waals surface area contributed by atoms with Gasteiger partial charge in [0.05, 0.1) is 18.0 Å². The molecule has 0 radical (unpaired) electrons. The van der Waals surface area contributed by atoms with E-state index < -0.39 is 23.9 Å². The third-order valence-electron chi connectivity index (χ3n) is 7.34. The Morgan fingerprint density at radius 3 is 2.54 bits per heavy atom. The molecule has 8 heteroatoms. The van der Waals surface area contributed by atoms with Crippen molar-refractivity contribution in [1.29, 1.82) is 0 Å². The van der Waals surface area contributed by atoms with Crippen LogP contribution in [-0.4, -0.2) is 50.6 Å². The molecule has 1 fully saturated rings. The molecule has 2 amide bonds. The van der Waals surface area contributed by atoms with E-state index in [1.165, 1.54) is 0 Å². The van der Waals surface area contributed by atoms with Crippen molar-refractivity contribution in [2.45, 2.75) is 32.0 Å². The lowest BCUT2D eigenvalue weighted by Gasteiger charge is -2.38. The standard InChI is InChI=1S/C29H30N4O4/c1-2-14-31-27(35)25-22(18-34)24-17-32-23(26(25)33(24)29(37)21-12-15-30-16-13-21)11-10-20(28(32)36)9-8-19-6-4-3-5-7-19/h3-13,15-16,22,24-26,34H,2,14,17-18H2,1H3,(H,31,35)/b9-8+/t22-,24-,25+,26+/m0/s1. The fourth-order valence-electron chi connectivity index (χ4n) is 5.59. The van der Waals surface area contributed by atoms with Gasteiger partial charge in [-0.2, -0.15) is 0 Å². The van der Waals surface area contributed by atoms with E-state index in [4.69, 9.17) is 0 Å². The normalized spacial score (nSPS) is 22.2. The topological polar surface area (TPSA) is 105 Å². The lowest BCUT2D eigenvalue weighted by atomic mass is 9.86. The summed E-state index contributed by atoms with van der Waals surface area (Å²) in [5.74, 6) is -1.63. The van der Waals surface area contributed by atoms with Crippen LogP contribution in [0.3, 0.4) is 0 Å². The van der Waals surface area contributed by atoms with Crippen molar-refractivity contribution in [1.82, 2.24) is 19.8 Å². The number of amides is 2. The van der Waals surface area contributed by atoms with E-state index in [9.17, 15) is 19.5 Å². The molecular formula is C29H30N4O4. The predicted octanol–water partition coefficient (Wildman–Crippen LogP) is 2.74. The summed E-state index contributed by atoms with van der Waals surface area (Å²) in [6, 6.07) is 15.4. The number of carbonyl (C=O) groups excluding carboxylic acids is 2. The molecule has 2 aliphatic heterocycles. The van der Waals surface area contributed by atoms with Gasteiger partial charge in [-0.3, -0.25) is 19.4 Å². The highest BCUT2D eigenvalue weighted by Gasteiger charge is 2.57. The van der Waals surface area contributed by atoms with Crippen molar-refractivity contribution in [3.05, 3.63) is 99.7 Å². The second-order valence-corrected chi connectivity index (χ2v) is 9.50. The third-order valence-corrected chi connectivity index (χ3v) is 7.34. The van der Waals surface area contributed by atoms with E-state index in [2.05, 4.69) is 10.3 Å². The molecule has 8 nitrogen and oxygen atoms in total. The summed E-state index contributed by atoms with van der Waals surface area (Å²) in [6.07, 6.45) is 7.55. The summed E-state index contributed by atoms with van der Waals surface area (Å²) in [5.41, 5.74) is 2.38. The predicted molar refractivity (Wildman–Crippen MR) is 140 cm³/mol. The van der Waals surface area contributed by atoms with E-state index in [1.54, 1.807) is 46.1 Å². The molecule has 4 atom stereocenters. The van der Waals surface area contributed by atoms with Gasteiger partial charge in [-0.25, -0.2) is 0 Å². The Kier molecular flexibility index (Phi) is 7.01. The molecule has 3 aromatic rings. The van der Waals surface area contributed by atoms with E-state index >= 15 is 0 Å². The number of rotatable bonds is 7. The maximum Gasteiger partial charge on any atom is 0.258 e. The van der Waals surface area contributed by atoms with Crippen LogP contribution in [0.4, 0.5) is 0 Å². The molecule has 4 heterocycles. The Labute approximate surface area is 215 Å². The van der Waals surface area contributed by atoms with Gasteiger partial charge >= 0.3 is 0 Å². The van der Waals surface area contributed by atoms with Crippen LogP contribution in [-0.2, 0) is 11.3 Å². The van der Waals surface area contributed by atoms with Gasteiger partial charge in [0.15, 0.2) is 0 Å². The first-order chi connectivity index (χ1) is 18.0. The van der Waals surface area contributed by atoms with Crippen LogP contribution >= 0.6 is 0 Å². The fourth-order valence-corrected chi connectivity index (χ4v) is 5.59. The summed E-state index contributed by atoms with van der Waals surface area (Å²) in [4.78, 5) is 46.4. The number of hydrogen-bond donors (Lipinski definition) is 2. The van der Waals surface area contributed by atoms with Gasteiger partial charge in [0.1, 0.15) is 0 Å². The smallest absolute Gasteiger partial charge is 0.258 e. The van der Waals surface area contributed by atoms with Gasteiger partial charge in [0.2, 0.25) is 5.91 Å². The van der Waals surface area contributed by atoms with Crippen LogP contribution in [0.1, 0.15) is 46.6 Å². The van der Waals surface area contributed by atoms with Gasteiger partial charge in [0, 0.05) is 54.8 Å². The Bertz CT molecular complexity index is 1370. The van der Waals surface area contributed by atoms with Crippen molar-refractivity contribution in [2.24, 2.45) is 11.8 Å². The van der Waals surface area contributed by atoms with Crippen LogP contribution in [0.25, 0.3) is 12.2 Å². The molecule has 5 rings (SSSR count). The molecule has 2 aromatic heterocycles. The van der Waals surface area contributed by atoms with Crippen molar-refractivity contribution in [3.8, 4) is 0 Å². The highest BCUT2D eigenvalue weighted by Crippen LogP contribution is 2.48. The van der Waals surface area contributed by atoms with Crippen LogP contribution in [0.2, 0.25) is 0 Å². The average Bonchev–Trinajstić information content (AvgIpc) is 3.18. The van der Waals surface area contributed by atoms with E-state index in [0.717, 1.165) is 12.0 Å². The quantitative estimate of drug-likeness (QED) is 0.521. The number of aliphatic hydroxyl groups is 1. The first-order valence-corrected chi connectivity index (χ1v) is 12.6. The summed E-state index contributed by atoms with van der Waals surface area (Å²) >= 11 is 0. The number of fused-ring (bicyclic) bond motifs is 4. The maximum atomic E-state index is 13.7. The van der Waals surface area contributed by atoms with Gasteiger partial charge in [0.25, 0.3) is 11.5 Å². The van der Waals surface area contributed by atoms with Crippen molar-refractivity contribution >= 4 is 24.0 Å². The highest BCUT2D eigenvalue weighted by molar-refractivity contribution is 5.96. The molecule has 0 aliphatic carbocycles. The molecule has 0 saturated carbocycles. The van der Waals surface area contributed by atoms with Crippen LogP contribution in [0.15, 0.2) is 71.8 Å².